The van der Waals surface area contributed by atoms with E-state index in [0.29, 0.717) is 10.6 Å². The lowest BCUT2D eigenvalue weighted by molar-refractivity contribution is -0.144. The van der Waals surface area contributed by atoms with Gasteiger partial charge < -0.3 is 4.98 Å². The normalized spacial score (nSPS) is 11.8. The maximum Gasteiger partial charge on any atom is 0.449 e. The molecule has 0 aliphatic heterocycles. The van der Waals surface area contributed by atoms with Gasteiger partial charge in [0.05, 0.1) is 0 Å². The maximum atomic E-state index is 12.4. The lowest BCUT2D eigenvalue weighted by Crippen LogP contribution is -2.07. The molecular formula is C10H5BrClF3N2. The number of benzene rings is 1. The predicted molar refractivity (Wildman–Crippen MR) is 61.7 cm³/mol. The molecule has 0 aliphatic carbocycles. The summed E-state index contributed by atoms with van der Waals surface area (Å²) in [6, 6.07) is 6.38. The van der Waals surface area contributed by atoms with Crippen molar-refractivity contribution in [3.8, 4) is 11.3 Å². The molecule has 2 rings (SSSR count). The van der Waals surface area contributed by atoms with Crippen molar-refractivity contribution in [2.24, 2.45) is 0 Å². The van der Waals surface area contributed by atoms with E-state index in [1.54, 1.807) is 24.3 Å². The highest BCUT2D eigenvalue weighted by Crippen LogP contribution is 2.33. The second-order valence-corrected chi connectivity index (χ2v) is 4.48. The van der Waals surface area contributed by atoms with Crippen molar-refractivity contribution in [1.82, 2.24) is 9.97 Å². The standard InChI is InChI=1S/C10H5BrClF3N2/c11-8-7(5-1-3-6(12)4-2-5)16-9(17-8)10(13,14)15/h1-4H,(H,16,17). The molecule has 7 heteroatoms. The number of imidazole rings is 1. The molecule has 1 heterocycles. The molecular weight excluding hydrogens is 320 g/mol. The molecule has 0 saturated heterocycles. The van der Waals surface area contributed by atoms with Gasteiger partial charge in [-0.15, -0.1) is 0 Å². The van der Waals surface area contributed by atoms with Crippen LogP contribution in [0.5, 0.6) is 0 Å². The van der Waals surface area contributed by atoms with Gasteiger partial charge in [-0.3, -0.25) is 0 Å². The molecule has 0 amide bonds. The summed E-state index contributed by atoms with van der Waals surface area (Å²) in [7, 11) is 0. The van der Waals surface area contributed by atoms with Crippen molar-refractivity contribution in [2.75, 3.05) is 0 Å². The number of hydrogen-bond donors (Lipinski definition) is 1. The number of alkyl halides is 3. The van der Waals surface area contributed by atoms with Crippen LogP contribution in [0.25, 0.3) is 11.3 Å². The molecule has 1 aromatic carbocycles. The van der Waals surface area contributed by atoms with Crippen molar-refractivity contribution < 1.29 is 13.2 Å². The van der Waals surface area contributed by atoms with Crippen LogP contribution in [-0.2, 0) is 6.18 Å². The first-order valence-corrected chi connectivity index (χ1v) is 5.63. The lowest BCUT2D eigenvalue weighted by atomic mass is 10.2. The fourth-order valence-electron chi connectivity index (χ4n) is 1.29. The van der Waals surface area contributed by atoms with E-state index in [-0.39, 0.29) is 10.3 Å². The number of aromatic nitrogens is 2. The third kappa shape index (κ3) is 2.63. The topological polar surface area (TPSA) is 28.7 Å². The molecule has 0 unspecified atom stereocenters. The largest absolute Gasteiger partial charge is 0.449 e. The molecule has 2 aromatic rings. The fraction of sp³-hybridized carbons (Fsp3) is 0.100. The van der Waals surface area contributed by atoms with Crippen molar-refractivity contribution in [1.29, 1.82) is 0 Å². The summed E-state index contributed by atoms with van der Waals surface area (Å²) < 4.78 is 37.5. The smallest absolute Gasteiger partial charge is 0.329 e. The molecule has 1 N–H and O–H groups in total. The van der Waals surface area contributed by atoms with Crippen molar-refractivity contribution >= 4 is 27.5 Å². The number of halogens is 5. The summed E-state index contributed by atoms with van der Waals surface area (Å²) in [4.78, 5) is 5.66. The molecule has 0 saturated carbocycles. The Hall–Kier alpha value is -1.01. The van der Waals surface area contributed by atoms with Crippen molar-refractivity contribution in [3.05, 3.63) is 39.7 Å². The summed E-state index contributed by atoms with van der Waals surface area (Å²) in [6.07, 6.45) is -4.49. The van der Waals surface area contributed by atoms with Crippen LogP contribution in [0.2, 0.25) is 5.02 Å². The monoisotopic (exact) mass is 324 g/mol. The van der Waals surface area contributed by atoms with Gasteiger partial charge in [-0.2, -0.15) is 13.2 Å². The molecule has 0 radical (unpaired) electrons. The summed E-state index contributed by atoms with van der Waals surface area (Å²) in [6.45, 7) is 0. The number of hydrogen-bond acceptors (Lipinski definition) is 1. The van der Waals surface area contributed by atoms with E-state index in [0.717, 1.165) is 0 Å². The number of rotatable bonds is 1. The average Bonchev–Trinajstić information content (AvgIpc) is 2.61. The summed E-state index contributed by atoms with van der Waals surface area (Å²) >= 11 is 8.71. The molecule has 90 valence electrons. The van der Waals surface area contributed by atoms with Crippen LogP contribution in [0.4, 0.5) is 13.2 Å². The average molecular weight is 326 g/mol. The van der Waals surface area contributed by atoms with Crippen LogP contribution < -0.4 is 0 Å². The Kier molecular flexibility index (Phi) is 3.18. The highest BCUT2D eigenvalue weighted by atomic mass is 79.9. The Morgan fingerprint density at radius 2 is 1.76 bits per heavy atom. The van der Waals surface area contributed by atoms with Gasteiger partial charge in [0.25, 0.3) is 0 Å². The summed E-state index contributed by atoms with van der Waals surface area (Å²) in [5, 5.41) is 0.511. The van der Waals surface area contributed by atoms with E-state index < -0.39 is 12.0 Å². The van der Waals surface area contributed by atoms with Gasteiger partial charge >= 0.3 is 6.18 Å². The van der Waals surface area contributed by atoms with Gasteiger partial charge in [-0.25, -0.2) is 4.98 Å². The molecule has 17 heavy (non-hydrogen) atoms. The van der Waals surface area contributed by atoms with E-state index >= 15 is 0 Å². The van der Waals surface area contributed by atoms with Crippen molar-refractivity contribution in [2.45, 2.75) is 6.18 Å². The van der Waals surface area contributed by atoms with Gasteiger partial charge in [0.1, 0.15) is 10.3 Å². The first-order chi connectivity index (χ1) is 7.88. The minimum Gasteiger partial charge on any atom is -0.329 e. The van der Waals surface area contributed by atoms with Gasteiger partial charge in [0.2, 0.25) is 5.82 Å². The summed E-state index contributed by atoms with van der Waals surface area (Å²) in [5.74, 6) is -1.03. The second kappa shape index (κ2) is 4.34. The zero-order chi connectivity index (χ0) is 12.6. The Bertz CT molecular complexity index is 533. The van der Waals surface area contributed by atoms with Gasteiger partial charge in [-0.1, -0.05) is 23.7 Å². The van der Waals surface area contributed by atoms with Crippen LogP contribution >= 0.6 is 27.5 Å². The predicted octanol–water partition coefficient (Wildman–Crippen LogP) is 4.51. The van der Waals surface area contributed by atoms with Crippen LogP contribution in [0.15, 0.2) is 28.9 Å². The fourth-order valence-corrected chi connectivity index (χ4v) is 1.92. The third-order valence-corrected chi connectivity index (χ3v) is 2.87. The minimum absolute atomic E-state index is 0.187. The van der Waals surface area contributed by atoms with E-state index in [2.05, 4.69) is 25.9 Å². The molecule has 0 atom stereocenters. The maximum absolute atomic E-state index is 12.4. The van der Waals surface area contributed by atoms with Crippen LogP contribution in [-0.4, -0.2) is 9.97 Å². The molecule has 0 bridgehead atoms. The number of aromatic amines is 1. The highest BCUT2D eigenvalue weighted by molar-refractivity contribution is 9.10. The molecule has 0 aliphatic rings. The lowest BCUT2D eigenvalue weighted by Gasteiger charge is -2.00. The SMILES string of the molecule is FC(F)(F)c1nc(-c2ccc(Cl)cc2)c(Br)[nH]1. The second-order valence-electron chi connectivity index (χ2n) is 3.25. The number of nitrogens with one attached hydrogen (secondary N) is 1. The van der Waals surface area contributed by atoms with Crippen molar-refractivity contribution in [3.63, 3.8) is 0 Å². The quantitative estimate of drug-likeness (QED) is 0.821. The summed E-state index contributed by atoms with van der Waals surface area (Å²) in [5.41, 5.74) is 0.752. The Morgan fingerprint density at radius 3 is 2.24 bits per heavy atom. The van der Waals surface area contributed by atoms with E-state index in [1.165, 1.54) is 0 Å². The van der Waals surface area contributed by atoms with Crippen LogP contribution in [0, 0.1) is 0 Å². The van der Waals surface area contributed by atoms with Gasteiger partial charge in [-0.05, 0) is 28.1 Å². The third-order valence-electron chi connectivity index (χ3n) is 2.05. The number of nitrogens with zero attached hydrogens (tertiary/aromatic N) is 1. The molecule has 1 aromatic heterocycles. The van der Waals surface area contributed by atoms with Crippen LogP contribution in [0.1, 0.15) is 5.82 Å². The highest BCUT2D eigenvalue weighted by Gasteiger charge is 2.35. The Labute approximate surface area is 108 Å². The van der Waals surface area contributed by atoms with E-state index in [1.807, 2.05) is 0 Å². The molecule has 2 nitrogen and oxygen atoms in total. The first-order valence-electron chi connectivity index (χ1n) is 4.46. The van der Waals surface area contributed by atoms with Gasteiger partial charge in [0, 0.05) is 10.6 Å². The first kappa shape index (κ1) is 12.4. The zero-order valence-electron chi connectivity index (χ0n) is 8.15. The minimum atomic E-state index is -4.49. The van der Waals surface area contributed by atoms with Crippen LogP contribution in [0.3, 0.4) is 0 Å². The zero-order valence-corrected chi connectivity index (χ0v) is 10.5. The van der Waals surface area contributed by atoms with Gasteiger partial charge in [0.15, 0.2) is 0 Å². The Morgan fingerprint density at radius 1 is 1.18 bits per heavy atom. The molecule has 0 fully saturated rings. The van der Waals surface area contributed by atoms with E-state index in [9.17, 15) is 13.2 Å². The Balaban J connectivity index is 2.46. The number of H-pyrrole nitrogens is 1. The molecule has 0 spiro atoms. The van der Waals surface area contributed by atoms with E-state index in [4.69, 9.17) is 11.6 Å².